The zero-order valence-corrected chi connectivity index (χ0v) is 29.6. The first kappa shape index (κ1) is 31.6. The summed E-state index contributed by atoms with van der Waals surface area (Å²) in [6.45, 7) is 0. The van der Waals surface area contributed by atoms with E-state index < -0.39 is 0 Å². The standard InChI is InChI=1S/C52H35NO/c1-3-13-36(14-4-1)37-25-27-38(28-26-37)39-29-31-42(32-30-39)53(43-33-34-51-48(35-43)46-20-8-10-24-50(46)54-51)49-23-9-7-19-45(49)47-22-12-18-41-17-11-21-44(52(41)47)40-15-5-2-6-16-40/h1-35H. The van der Waals surface area contributed by atoms with E-state index in [1.165, 1.54) is 49.7 Å². The fraction of sp³-hybridized carbons (Fsp3) is 0. The van der Waals surface area contributed by atoms with Gasteiger partial charge in [-0.25, -0.2) is 0 Å². The predicted molar refractivity (Wildman–Crippen MR) is 228 cm³/mol. The number of hydrogen-bond acceptors (Lipinski definition) is 2. The SMILES string of the molecule is c1ccc(-c2ccc(-c3ccc(N(c4ccc5oc6ccccc6c5c4)c4ccccc4-c4cccc5cccc(-c6ccccc6)c45)cc3)cc2)cc1. The first-order chi connectivity index (χ1) is 26.8. The first-order valence-corrected chi connectivity index (χ1v) is 18.4. The highest BCUT2D eigenvalue weighted by Crippen LogP contribution is 2.46. The van der Waals surface area contributed by atoms with Crippen molar-refractivity contribution in [3.05, 3.63) is 212 Å². The van der Waals surface area contributed by atoms with Crippen molar-refractivity contribution >= 4 is 49.8 Å². The highest BCUT2D eigenvalue weighted by molar-refractivity contribution is 6.10. The van der Waals surface area contributed by atoms with Gasteiger partial charge in [-0.15, -0.1) is 0 Å². The second-order valence-corrected chi connectivity index (χ2v) is 13.7. The van der Waals surface area contributed by atoms with Crippen molar-refractivity contribution in [1.82, 2.24) is 0 Å². The maximum Gasteiger partial charge on any atom is 0.135 e. The van der Waals surface area contributed by atoms with Crippen molar-refractivity contribution in [2.24, 2.45) is 0 Å². The lowest BCUT2D eigenvalue weighted by Crippen LogP contribution is -2.11. The largest absolute Gasteiger partial charge is 0.456 e. The Morgan fingerprint density at radius 3 is 1.56 bits per heavy atom. The Kier molecular flexibility index (Phi) is 7.85. The van der Waals surface area contributed by atoms with E-state index in [0.29, 0.717) is 0 Å². The topological polar surface area (TPSA) is 16.4 Å². The number of hydrogen-bond donors (Lipinski definition) is 0. The van der Waals surface area contributed by atoms with Crippen molar-refractivity contribution in [2.75, 3.05) is 4.90 Å². The second kappa shape index (κ2) is 13.4. The number of anilines is 3. The lowest BCUT2D eigenvalue weighted by Gasteiger charge is -2.28. The van der Waals surface area contributed by atoms with E-state index >= 15 is 0 Å². The first-order valence-electron chi connectivity index (χ1n) is 18.4. The van der Waals surface area contributed by atoms with Crippen LogP contribution in [0.3, 0.4) is 0 Å². The molecule has 0 aliphatic rings. The van der Waals surface area contributed by atoms with Crippen molar-refractivity contribution in [2.45, 2.75) is 0 Å². The van der Waals surface area contributed by atoms with Crippen LogP contribution >= 0.6 is 0 Å². The molecule has 10 aromatic rings. The maximum atomic E-state index is 6.28. The van der Waals surface area contributed by atoms with Gasteiger partial charge in [-0.05, 0) is 92.2 Å². The molecule has 0 aliphatic heterocycles. The number of para-hydroxylation sites is 2. The average molecular weight is 690 g/mol. The molecule has 0 aliphatic carbocycles. The van der Waals surface area contributed by atoms with E-state index in [-0.39, 0.29) is 0 Å². The maximum absolute atomic E-state index is 6.28. The minimum absolute atomic E-state index is 0.879. The zero-order chi connectivity index (χ0) is 35.8. The Hall–Kier alpha value is -7.16. The van der Waals surface area contributed by atoms with E-state index in [9.17, 15) is 0 Å². The van der Waals surface area contributed by atoms with Crippen LogP contribution in [-0.4, -0.2) is 0 Å². The summed E-state index contributed by atoms with van der Waals surface area (Å²) in [6, 6.07) is 75.9. The molecule has 0 spiro atoms. The molecule has 1 aromatic heterocycles. The van der Waals surface area contributed by atoms with Crippen LogP contribution in [0, 0.1) is 0 Å². The highest BCUT2D eigenvalue weighted by atomic mass is 16.3. The molecule has 1 heterocycles. The Bertz CT molecular complexity index is 2900. The third-order valence-corrected chi connectivity index (χ3v) is 10.5. The summed E-state index contributed by atoms with van der Waals surface area (Å²) < 4.78 is 6.28. The van der Waals surface area contributed by atoms with Crippen LogP contribution in [-0.2, 0) is 0 Å². The highest BCUT2D eigenvalue weighted by Gasteiger charge is 2.21. The summed E-state index contributed by atoms with van der Waals surface area (Å²) in [7, 11) is 0. The quantitative estimate of drug-likeness (QED) is 0.166. The van der Waals surface area contributed by atoms with Gasteiger partial charge in [0.05, 0.1) is 5.69 Å². The van der Waals surface area contributed by atoms with Crippen LogP contribution in [0.2, 0.25) is 0 Å². The summed E-state index contributed by atoms with van der Waals surface area (Å²) in [4.78, 5) is 2.39. The molecule has 54 heavy (non-hydrogen) atoms. The van der Waals surface area contributed by atoms with Gasteiger partial charge in [-0.2, -0.15) is 0 Å². The molecule has 0 radical (unpaired) electrons. The fourth-order valence-electron chi connectivity index (χ4n) is 7.89. The Labute approximate surface area is 314 Å². The molecule has 0 saturated heterocycles. The Balaban J connectivity index is 1.14. The molecular weight excluding hydrogens is 655 g/mol. The van der Waals surface area contributed by atoms with Gasteiger partial charge in [0.25, 0.3) is 0 Å². The van der Waals surface area contributed by atoms with Gasteiger partial charge in [-0.3, -0.25) is 0 Å². The van der Waals surface area contributed by atoms with Crippen molar-refractivity contribution < 1.29 is 4.42 Å². The van der Waals surface area contributed by atoms with Gasteiger partial charge in [0, 0.05) is 27.7 Å². The minimum atomic E-state index is 0.879. The molecule has 2 nitrogen and oxygen atoms in total. The van der Waals surface area contributed by atoms with E-state index in [2.05, 4.69) is 205 Å². The summed E-state index contributed by atoms with van der Waals surface area (Å²) >= 11 is 0. The number of fused-ring (bicyclic) bond motifs is 4. The lowest BCUT2D eigenvalue weighted by atomic mass is 9.90. The normalized spacial score (nSPS) is 11.3. The number of rotatable bonds is 7. The number of nitrogens with zero attached hydrogens (tertiary/aromatic N) is 1. The monoisotopic (exact) mass is 689 g/mol. The minimum Gasteiger partial charge on any atom is -0.456 e. The third kappa shape index (κ3) is 5.62. The van der Waals surface area contributed by atoms with Crippen LogP contribution in [0.5, 0.6) is 0 Å². The van der Waals surface area contributed by atoms with Crippen LogP contribution in [0.15, 0.2) is 217 Å². The van der Waals surface area contributed by atoms with E-state index in [0.717, 1.165) is 44.6 Å². The Morgan fingerprint density at radius 1 is 0.315 bits per heavy atom. The van der Waals surface area contributed by atoms with Crippen LogP contribution in [0.1, 0.15) is 0 Å². The summed E-state index contributed by atoms with van der Waals surface area (Å²) in [5, 5.41) is 4.66. The van der Waals surface area contributed by atoms with E-state index in [4.69, 9.17) is 4.42 Å². The molecule has 254 valence electrons. The van der Waals surface area contributed by atoms with Crippen LogP contribution < -0.4 is 4.90 Å². The zero-order valence-electron chi connectivity index (χ0n) is 29.6. The number of furan rings is 1. The van der Waals surface area contributed by atoms with E-state index in [1.54, 1.807) is 0 Å². The molecule has 0 N–H and O–H groups in total. The van der Waals surface area contributed by atoms with Gasteiger partial charge in [0.1, 0.15) is 11.2 Å². The molecule has 10 rings (SSSR count). The Morgan fingerprint density at radius 2 is 0.833 bits per heavy atom. The molecule has 0 amide bonds. The smallest absolute Gasteiger partial charge is 0.135 e. The molecule has 0 atom stereocenters. The van der Waals surface area contributed by atoms with Gasteiger partial charge >= 0.3 is 0 Å². The van der Waals surface area contributed by atoms with Gasteiger partial charge in [0.2, 0.25) is 0 Å². The molecule has 0 fully saturated rings. The van der Waals surface area contributed by atoms with Crippen molar-refractivity contribution in [3.8, 4) is 44.5 Å². The molecule has 9 aromatic carbocycles. The average Bonchev–Trinajstić information content (AvgIpc) is 3.63. The van der Waals surface area contributed by atoms with Gasteiger partial charge < -0.3 is 9.32 Å². The summed E-state index contributed by atoms with van der Waals surface area (Å²) in [5.41, 5.74) is 14.6. The second-order valence-electron chi connectivity index (χ2n) is 13.7. The third-order valence-electron chi connectivity index (χ3n) is 10.5. The number of benzene rings is 9. The van der Waals surface area contributed by atoms with Crippen LogP contribution in [0.4, 0.5) is 17.1 Å². The molecule has 2 heteroatoms. The molecule has 0 bridgehead atoms. The fourth-order valence-corrected chi connectivity index (χ4v) is 7.89. The van der Waals surface area contributed by atoms with Crippen molar-refractivity contribution in [1.29, 1.82) is 0 Å². The lowest BCUT2D eigenvalue weighted by molar-refractivity contribution is 0.669. The van der Waals surface area contributed by atoms with Crippen LogP contribution in [0.25, 0.3) is 77.2 Å². The van der Waals surface area contributed by atoms with Crippen molar-refractivity contribution in [3.63, 3.8) is 0 Å². The van der Waals surface area contributed by atoms with Gasteiger partial charge in [-0.1, -0.05) is 170 Å². The summed E-state index contributed by atoms with van der Waals surface area (Å²) in [6.07, 6.45) is 0. The predicted octanol–water partition coefficient (Wildman–Crippen LogP) is 14.9. The molecule has 0 unspecified atom stereocenters. The molecular formula is C52H35NO. The summed E-state index contributed by atoms with van der Waals surface area (Å²) in [5.74, 6) is 0. The van der Waals surface area contributed by atoms with Gasteiger partial charge in [0.15, 0.2) is 0 Å². The van der Waals surface area contributed by atoms with E-state index in [1.807, 2.05) is 12.1 Å². The molecule has 0 saturated carbocycles.